The molecule has 0 spiro atoms. The van der Waals surface area contributed by atoms with Crippen molar-refractivity contribution >= 4 is 29.3 Å². The summed E-state index contributed by atoms with van der Waals surface area (Å²) in [6.07, 6.45) is 9.84. The predicted octanol–water partition coefficient (Wildman–Crippen LogP) is 4.79. The van der Waals surface area contributed by atoms with Gasteiger partial charge in [-0.05, 0) is 62.8 Å². The van der Waals surface area contributed by atoms with Crippen LogP contribution in [0, 0.1) is 6.92 Å². The van der Waals surface area contributed by atoms with E-state index in [1.807, 2.05) is 55.5 Å². The number of ether oxygens (including phenoxy) is 2. The molecule has 0 amide bonds. The van der Waals surface area contributed by atoms with Gasteiger partial charge in [-0.25, -0.2) is 14.6 Å². The van der Waals surface area contributed by atoms with Crippen molar-refractivity contribution in [2.75, 3.05) is 13.2 Å². The third kappa shape index (κ3) is 6.04. The molecule has 0 saturated carbocycles. The van der Waals surface area contributed by atoms with Gasteiger partial charge < -0.3 is 14.5 Å². The maximum Gasteiger partial charge on any atom is 0.330 e. The number of H-pyrrole nitrogens is 1. The fourth-order valence-corrected chi connectivity index (χ4v) is 3.12. The average Bonchev–Trinajstić information content (AvgIpc) is 3.43. The molecule has 32 heavy (non-hydrogen) atoms. The van der Waals surface area contributed by atoms with Gasteiger partial charge in [0.05, 0.1) is 24.6 Å². The first kappa shape index (κ1) is 22.7. The smallest absolute Gasteiger partial charge is 0.330 e. The SMILES string of the molecule is CCOC(=O)/C=C/C1=NC(=C(/c2ccc(C)cc2)c2ccc(/C=C/C(=O)OCC)[nH]2)/C=C1. The number of aliphatic imine (C=N–C) groups is 1. The van der Waals surface area contributed by atoms with Crippen LogP contribution in [0.3, 0.4) is 0 Å². The first-order valence-electron chi connectivity index (χ1n) is 10.5. The Morgan fingerprint density at radius 2 is 1.56 bits per heavy atom. The van der Waals surface area contributed by atoms with Crippen LogP contribution in [0.1, 0.15) is 36.4 Å². The molecule has 6 heteroatoms. The molecule has 164 valence electrons. The third-order valence-corrected chi connectivity index (χ3v) is 4.60. The predicted molar refractivity (Wildman–Crippen MR) is 126 cm³/mol. The number of carbonyl (C=O) groups excluding carboxylic acids is 2. The molecule has 2 heterocycles. The van der Waals surface area contributed by atoms with E-state index in [2.05, 4.69) is 9.98 Å². The van der Waals surface area contributed by atoms with Gasteiger partial charge in [-0.2, -0.15) is 0 Å². The molecule has 0 atom stereocenters. The van der Waals surface area contributed by atoms with Crippen LogP contribution in [0.4, 0.5) is 0 Å². The number of hydrogen-bond donors (Lipinski definition) is 1. The van der Waals surface area contributed by atoms with Crippen molar-refractivity contribution in [1.29, 1.82) is 0 Å². The highest BCUT2D eigenvalue weighted by atomic mass is 16.5. The normalized spacial score (nSPS) is 14.8. The van der Waals surface area contributed by atoms with Crippen LogP contribution in [-0.2, 0) is 19.1 Å². The Balaban J connectivity index is 1.96. The maximum absolute atomic E-state index is 11.6. The van der Waals surface area contributed by atoms with Crippen molar-refractivity contribution < 1.29 is 19.1 Å². The second-order valence-corrected chi connectivity index (χ2v) is 6.99. The molecule has 1 aromatic carbocycles. The highest BCUT2D eigenvalue weighted by Gasteiger charge is 2.15. The van der Waals surface area contributed by atoms with Gasteiger partial charge in [-0.3, -0.25) is 0 Å². The van der Waals surface area contributed by atoms with Crippen LogP contribution in [0.25, 0.3) is 11.6 Å². The van der Waals surface area contributed by atoms with Crippen molar-refractivity contribution in [3.05, 3.63) is 95.0 Å². The minimum absolute atomic E-state index is 0.327. The number of aromatic amines is 1. The minimum Gasteiger partial charge on any atom is -0.463 e. The number of benzene rings is 1. The summed E-state index contributed by atoms with van der Waals surface area (Å²) in [4.78, 5) is 31.2. The summed E-state index contributed by atoms with van der Waals surface area (Å²) in [5, 5.41) is 0. The third-order valence-electron chi connectivity index (χ3n) is 4.60. The fraction of sp³-hybridized carbons (Fsp3) is 0.192. The van der Waals surface area contributed by atoms with Crippen LogP contribution < -0.4 is 0 Å². The van der Waals surface area contributed by atoms with Gasteiger partial charge in [0.2, 0.25) is 0 Å². The van der Waals surface area contributed by atoms with E-state index in [0.717, 1.165) is 33.8 Å². The van der Waals surface area contributed by atoms with Gasteiger partial charge in [-0.1, -0.05) is 29.8 Å². The summed E-state index contributed by atoms with van der Waals surface area (Å²) in [7, 11) is 0. The van der Waals surface area contributed by atoms with Crippen molar-refractivity contribution in [1.82, 2.24) is 4.98 Å². The number of carbonyl (C=O) groups is 2. The maximum atomic E-state index is 11.6. The number of hydrogen-bond acceptors (Lipinski definition) is 5. The second kappa shape index (κ2) is 10.9. The van der Waals surface area contributed by atoms with Gasteiger partial charge in [0.1, 0.15) is 0 Å². The van der Waals surface area contributed by atoms with Crippen molar-refractivity contribution in [3.8, 4) is 0 Å². The number of esters is 2. The molecule has 1 aromatic heterocycles. The lowest BCUT2D eigenvalue weighted by atomic mass is 9.99. The average molecular weight is 431 g/mol. The number of nitrogens with one attached hydrogen (secondary N) is 1. The molecule has 1 aliphatic rings. The van der Waals surface area contributed by atoms with Crippen molar-refractivity contribution in [2.24, 2.45) is 4.99 Å². The Bertz CT molecular complexity index is 1130. The van der Waals surface area contributed by atoms with Crippen LogP contribution >= 0.6 is 0 Å². The molecule has 3 rings (SSSR count). The Kier molecular flexibility index (Phi) is 7.75. The topological polar surface area (TPSA) is 80.8 Å². The summed E-state index contributed by atoms with van der Waals surface area (Å²) in [6.45, 7) is 6.23. The lowest BCUT2D eigenvalue weighted by Gasteiger charge is -2.09. The number of aryl methyl sites for hydroxylation is 1. The molecular formula is C26H26N2O4. The van der Waals surface area contributed by atoms with E-state index in [0.29, 0.717) is 18.9 Å². The van der Waals surface area contributed by atoms with Gasteiger partial charge in [0, 0.05) is 29.1 Å². The molecule has 0 saturated heterocycles. The number of nitrogens with zero attached hydrogens (tertiary/aromatic N) is 1. The summed E-state index contributed by atoms with van der Waals surface area (Å²) in [5.74, 6) is -0.788. The number of aromatic nitrogens is 1. The van der Waals surface area contributed by atoms with Gasteiger partial charge in [0.25, 0.3) is 0 Å². The monoisotopic (exact) mass is 430 g/mol. The summed E-state index contributed by atoms with van der Waals surface area (Å²) >= 11 is 0. The molecular weight excluding hydrogens is 404 g/mol. The largest absolute Gasteiger partial charge is 0.463 e. The highest BCUT2D eigenvalue weighted by Crippen LogP contribution is 2.30. The van der Waals surface area contributed by atoms with Crippen LogP contribution in [0.5, 0.6) is 0 Å². The zero-order chi connectivity index (χ0) is 22.9. The van der Waals surface area contributed by atoms with Gasteiger partial charge >= 0.3 is 11.9 Å². The Labute approximate surface area is 187 Å². The lowest BCUT2D eigenvalue weighted by molar-refractivity contribution is -0.138. The standard InChI is InChI=1S/C26H26N2O4/c1-4-31-24(29)16-12-20-10-14-22(27-20)26(19-8-6-18(3)7-9-19)23-15-11-21(28-23)13-17-25(30)32-5-2/h6-17,27H,4-5H2,1-3H3/b16-12+,17-13+,26-23-. The van der Waals surface area contributed by atoms with E-state index >= 15 is 0 Å². The Morgan fingerprint density at radius 1 is 0.906 bits per heavy atom. The molecule has 0 bridgehead atoms. The van der Waals surface area contributed by atoms with E-state index in [4.69, 9.17) is 9.47 Å². The van der Waals surface area contributed by atoms with Crippen LogP contribution in [0.2, 0.25) is 0 Å². The first-order valence-corrected chi connectivity index (χ1v) is 10.5. The highest BCUT2D eigenvalue weighted by molar-refractivity contribution is 6.10. The van der Waals surface area contributed by atoms with Gasteiger partial charge in [0.15, 0.2) is 0 Å². The van der Waals surface area contributed by atoms with Gasteiger partial charge in [-0.15, -0.1) is 0 Å². The van der Waals surface area contributed by atoms with E-state index < -0.39 is 5.97 Å². The molecule has 0 fully saturated rings. The van der Waals surface area contributed by atoms with Crippen LogP contribution in [0.15, 0.2) is 77.5 Å². The summed E-state index contributed by atoms with van der Waals surface area (Å²) in [6, 6.07) is 12.0. The molecule has 0 aliphatic carbocycles. The number of allylic oxidation sites excluding steroid dienone is 3. The quantitative estimate of drug-likeness (QED) is 0.482. The summed E-state index contributed by atoms with van der Waals surface area (Å²) in [5.41, 5.74) is 6.12. The van der Waals surface area contributed by atoms with E-state index in [9.17, 15) is 9.59 Å². The zero-order valence-corrected chi connectivity index (χ0v) is 18.4. The Hall–Kier alpha value is -3.93. The number of rotatable bonds is 8. The molecule has 2 aromatic rings. The minimum atomic E-state index is -0.401. The molecule has 0 radical (unpaired) electrons. The van der Waals surface area contributed by atoms with E-state index in [1.165, 1.54) is 12.2 Å². The van der Waals surface area contributed by atoms with Crippen molar-refractivity contribution in [3.63, 3.8) is 0 Å². The first-order chi connectivity index (χ1) is 15.5. The van der Waals surface area contributed by atoms with Crippen LogP contribution in [-0.4, -0.2) is 35.8 Å². The summed E-state index contributed by atoms with van der Waals surface area (Å²) < 4.78 is 9.85. The lowest BCUT2D eigenvalue weighted by Crippen LogP contribution is -2.00. The fourth-order valence-electron chi connectivity index (χ4n) is 3.12. The molecule has 6 nitrogen and oxygen atoms in total. The van der Waals surface area contributed by atoms with Crippen molar-refractivity contribution in [2.45, 2.75) is 20.8 Å². The Morgan fingerprint density at radius 3 is 2.22 bits per heavy atom. The molecule has 0 unspecified atom stereocenters. The second-order valence-electron chi connectivity index (χ2n) is 6.99. The van der Waals surface area contributed by atoms with E-state index in [-0.39, 0.29) is 5.97 Å². The van der Waals surface area contributed by atoms with E-state index in [1.54, 1.807) is 26.0 Å². The molecule has 1 aliphatic heterocycles. The zero-order valence-electron chi connectivity index (χ0n) is 18.4. The molecule has 1 N–H and O–H groups in total.